The Balaban J connectivity index is 2.18. The highest BCUT2D eigenvalue weighted by Gasteiger charge is 2.05. The maximum absolute atomic E-state index is 10.7. The second kappa shape index (κ2) is 6.41. The SMILES string of the molecule is CCCCCC/C=C1\C=CC(=O)OC1. The van der Waals surface area contributed by atoms with Gasteiger partial charge in [-0.2, -0.15) is 0 Å². The Morgan fingerprint density at radius 2 is 2.21 bits per heavy atom. The Bertz CT molecular complexity index is 239. The molecule has 0 unspecified atom stereocenters. The largest absolute Gasteiger partial charge is 0.458 e. The van der Waals surface area contributed by atoms with E-state index in [1.807, 2.05) is 6.08 Å². The summed E-state index contributed by atoms with van der Waals surface area (Å²) < 4.78 is 4.87. The zero-order chi connectivity index (χ0) is 10.2. The standard InChI is InChI=1S/C12H18O2/c1-2-3-4-5-6-7-11-8-9-12(13)14-10-11/h7-9H,2-6,10H2,1H3/b11-7+. The van der Waals surface area contributed by atoms with E-state index in [0.29, 0.717) is 6.61 Å². The summed E-state index contributed by atoms with van der Waals surface area (Å²) in [5, 5.41) is 0. The summed E-state index contributed by atoms with van der Waals surface area (Å²) in [5.41, 5.74) is 1.13. The summed E-state index contributed by atoms with van der Waals surface area (Å²) in [6.07, 6.45) is 11.7. The average molecular weight is 194 g/mol. The predicted octanol–water partition coefficient (Wildman–Crippen LogP) is 3.00. The Morgan fingerprint density at radius 3 is 2.86 bits per heavy atom. The fourth-order valence-electron chi connectivity index (χ4n) is 1.41. The molecule has 1 aliphatic rings. The lowest BCUT2D eigenvalue weighted by molar-refractivity contribution is -0.137. The second-order valence-corrected chi connectivity index (χ2v) is 3.57. The van der Waals surface area contributed by atoms with Gasteiger partial charge in [0.1, 0.15) is 6.61 Å². The van der Waals surface area contributed by atoms with Crippen molar-refractivity contribution in [3.05, 3.63) is 23.8 Å². The van der Waals surface area contributed by atoms with Crippen molar-refractivity contribution < 1.29 is 9.53 Å². The maximum Gasteiger partial charge on any atom is 0.331 e. The molecular weight excluding hydrogens is 176 g/mol. The molecule has 0 spiro atoms. The van der Waals surface area contributed by atoms with Crippen molar-refractivity contribution in [2.75, 3.05) is 6.61 Å². The fourth-order valence-corrected chi connectivity index (χ4v) is 1.41. The van der Waals surface area contributed by atoms with Crippen LogP contribution in [0.15, 0.2) is 23.8 Å². The number of hydrogen-bond donors (Lipinski definition) is 0. The summed E-state index contributed by atoms with van der Waals surface area (Å²) >= 11 is 0. The van der Waals surface area contributed by atoms with Gasteiger partial charge in [0.15, 0.2) is 0 Å². The number of rotatable bonds is 5. The number of allylic oxidation sites excluding steroid dienone is 1. The minimum atomic E-state index is -0.229. The zero-order valence-electron chi connectivity index (χ0n) is 8.79. The third kappa shape index (κ3) is 4.26. The molecule has 0 aromatic rings. The highest BCUT2D eigenvalue weighted by molar-refractivity contribution is 5.83. The van der Waals surface area contributed by atoms with E-state index in [9.17, 15) is 4.79 Å². The minimum Gasteiger partial charge on any atom is -0.458 e. The number of ether oxygens (including phenoxy) is 1. The van der Waals surface area contributed by atoms with Gasteiger partial charge in [-0.1, -0.05) is 32.3 Å². The van der Waals surface area contributed by atoms with Crippen molar-refractivity contribution in [1.29, 1.82) is 0 Å². The van der Waals surface area contributed by atoms with Gasteiger partial charge in [-0.3, -0.25) is 0 Å². The Hall–Kier alpha value is -1.05. The van der Waals surface area contributed by atoms with Gasteiger partial charge in [0.2, 0.25) is 0 Å². The molecule has 0 amide bonds. The topological polar surface area (TPSA) is 26.3 Å². The van der Waals surface area contributed by atoms with Crippen molar-refractivity contribution in [3.63, 3.8) is 0 Å². The van der Waals surface area contributed by atoms with E-state index < -0.39 is 0 Å². The van der Waals surface area contributed by atoms with E-state index in [0.717, 1.165) is 12.0 Å². The molecule has 14 heavy (non-hydrogen) atoms. The first-order valence-corrected chi connectivity index (χ1v) is 5.37. The summed E-state index contributed by atoms with van der Waals surface area (Å²) in [6, 6.07) is 0. The molecule has 0 bridgehead atoms. The van der Waals surface area contributed by atoms with Gasteiger partial charge >= 0.3 is 5.97 Å². The van der Waals surface area contributed by atoms with Gasteiger partial charge in [0.05, 0.1) is 0 Å². The second-order valence-electron chi connectivity index (χ2n) is 3.57. The third-order valence-corrected chi connectivity index (χ3v) is 2.28. The van der Waals surface area contributed by atoms with Crippen LogP contribution in [0.4, 0.5) is 0 Å². The number of carbonyl (C=O) groups is 1. The number of carbonyl (C=O) groups excluding carboxylic acids is 1. The van der Waals surface area contributed by atoms with Crippen molar-refractivity contribution in [2.45, 2.75) is 39.0 Å². The lowest BCUT2D eigenvalue weighted by atomic mass is 10.1. The van der Waals surface area contributed by atoms with Crippen LogP contribution in [-0.4, -0.2) is 12.6 Å². The molecule has 0 N–H and O–H groups in total. The Kier molecular flexibility index (Phi) is 5.05. The van der Waals surface area contributed by atoms with Crippen molar-refractivity contribution >= 4 is 5.97 Å². The lowest BCUT2D eigenvalue weighted by Gasteiger charge is -2.08. The molecular formula is C12H18O2. The molecule has 0 aliphatic carbocycles. The summed E-state index contributed by atoms with van der Waals surface area (Å²) in [5.74, 6) is -0.229. The van der Waals surface area contributed by atoms with Gasteiger partial charge in [-0.05, 0) is 24.5 Å². The van der Waals surface area contributed by atoms with Crippen molar-refractivity contribution in [1.82, 2.24) is 0 Å². The van der Waals surface area contributed by atoms with Crippen LogP contribution >= 0.6 is 0 Å². The van der Waals surface area contributed by atoms with E-state index in [1.54, 1.807) is 0 Å². The van der Waals surface area contributed by atoms with Crippen LogP contribution < -0.4 is 0 Å². The molecule has 1 rings (SSSR count). The highest BCUT2D eigenvalue weighted by Crippen LogP contribution is 2.09. The van der Waals surface area contributed by atoms with Gasteiger partial charge in [0.25, 0.3) is 0 Å². The van der Waals surface area contributed by atoms with Gasteiger partial charge in [-0.15, -0.1) is 0 Å². The number of unbranched alkanes of at least 4 members (excludes halogenated alkanes) is 4. The van der Waals surface area contributed by atoms with Crippen molar-refractivity contribution in [2.24, 2.45) is 0 Å². The Labute approximate surface area is 85.6 Å². The summed E-state index contributed by atoms with van der Waals surface area (Å²) in [6.45, 7) is 2.66. The number of hydrogen-bond acceptors (Lipinski definition) is 2. The van der Waals surface area contributed by atoms with Crippen molar-refractivity contribution in [3.8, 4) is 0 Å². The van der Waals surface area contributed by atoms with E-state index in [4.69, 9.17) is 4.74 Å². The molecule has 2 nitrogen and oxygen atoms in total. The lowest BCUT2D eigenvalue weighted by Crippen LogP contribution is -2.08. The molecule has 2 heteroatoms. The summed E-state index contributed by atoms with van der Waals surface area (Å²) in [7, 11) is 0. The monoisotopic (exact) mass is 194 g/mol. The molecule has 78 valence electrons. The van der Waals surface area contributed by atoms with E-state index >= 15 is 0 Å². The molecule has 0 aromatic heterocycles. The first kappa shape index (κ1) is 11.0. The molecule has 0 saturated carbocycles. The van der Waals surface area contributed by atoms with Crippen LogP contribution in [0.2, 0.25) is 0 Å². The summed E-state index contributed by atoms with van der Waals surface area (Å²) in [4.78, 5) is 10.7. The molecule has 0 atom stereocenters. The highest BCUT2D eigenvalue weighted by atomic mass is 16.5. The normalized spacial score (nSPS) is 18.6. The van der Waals surface area contributed by atoms with Crippen LogP contribution in [0.25, 0.3) is 0 Å². The smallest absolute Gasteiger partial charge is 0.331 e. The van der Waals surface area contributed by atoms with E-state index in [2.05, 4.69) is 13.0 Å². The Morgan fingerprint density at radius 1 is 1.36 bits per heavy atom. The van der Waals surface area contributed by atoms with Gasteiger partial charge in [0, 0.05) is 6.08 Å². The number of esters is 1. The average Bonchev–Trinajstić information content (AvgIpc) is 2.21. The molecule has 1 aliphatic heterocycles. The zero-order valence-corrected chi connectivity index (χ0v) is 8.79. The quantitative estimate of drug-likeness (QED) is 0.496. The molecule has 0 radical (unpaired) electrons. The van der Waals surface area contributed by atoms with Gasteiger partial charge in [-0.25, -0.2) is 4.79 Å². The third-order valence-electron chi connectivity index (χ3n) is 2.28. The predicted molar refractivity (Wildman–Crippen MR) is 56.9 cm³/mol. The first-order valence-electron chi connectivity index (χ1n) is 5.37. The molecule has 0 aromatic carbocycles. The van der Waals surface area contributed by atoms with Crippen LogP contribution in [0, 0.1) is 0 Å². The minimum absolute atomic E-state index is 0.229. The maximum atomic E-state index is 10.7. The van der Waals surface area contributed by atoms with E-state index in [-0.39, 0.29) is 5.97 Å². The fraction of sp³-hybridized carbons (Fsp3) is 0.583. The number of cyclic esters (lactones) is 1. The first-order chi connectivity index (χ1) is 6.83. The molecule has 0 fully saturated rings. The molecule has 1 heterocycles. The van der Waals surface area contributed by atoms with E-state index in [1.165, 1.54) is 31.8 Å². The van der Waals surface area contributed by atoms with Crippen LogP contribution in [0.5, 0.6) is 0 Å². The van der Waals surface area contributed by atoms with Crippen LogP contribution in [0.1, 0.15) is 39.0 Å². The van der Waals surface area contributed by atoms with Crippen LogP contribution in [-0.2, 0) is 9.53 Å². The van der Waals surface area contributed by atoms with Crippen LogP contribution in [0.3, 0.4) is 0 Å². The molecule has 0 saturated heterocycles. The van der Waals surface area contributed by atoms with Gasteiger partial charge < -0.3 is 4.74 Å².